The molecule has 196 valence electrons. The lowest BCUT2D eigenvalue weighted by molar-refractivity contribution is -0.137. The van der Waals surface area contributed by atoms with Crippen LogP contribution in [0.3, 0.4) is 0 Å². The van der Waals surface area contributed by atoms with E-state index in [0.717, 1.165) is 23.5 Å². The third-order valence-corrected chi connectivity index (χ3v) is 6.47. The van der Waals surface area contributed by atoms with Crippen LogP contribution < -0.4 is 10.7 Å². The topological polar surface area (TPSA) is 122 Å². The molecule has 13 heteroatoms. The molecule has 0 aliphatic rings. The molecule has 0 aliphatic carbocycles. The van der Waals surface area contributed by atoms with Gasteiger partial charge in [-0.3, -0.25) is 19.3 Å². The van der Waals surface area contributed by atoms with Gasteiger partial charge >= 0.3 is 6.18 Å². The van der Waals surface area contributed by atoms with Crippen LogP contribution in [0.15, 0.2) is 65.9 Å². The van der Waals surface area contributed by atoms with Crippen LogP contribution in [-0.2, 0) is 19.8 Å². The second-order valence-corrected chi connectivity index (χ2v) is 9.13. The minimum atomic E-state index is -4.48. The van der Waals surface area contributed by atoms with Crippen LogP contribution in [0, 0.1) is 0 Å². The largest absolute Gasteiger partial charge is 0.504 e. The molecular formula is C25H21F3N6O3S. The zero-order valence-corrected chi connectivity index (χ0v) is 20.9. The van der Waals surface area contributed by atoms with Crippen molar-refractivity contribution in [2.45, 2.75) is 19.6 Å². The number of hydrogen-bond acceptors (Lipinski definition) is 7. The van der Waals surface area contributed by atoms with Crippen LogP contribution in [0.4, 0.5) is 13.2 Å². The summed E-state index contributed by atoms with van der Waals surface area (Å²) in [6.07, 6.45) is -2.86. The Balaban J connectivity index is 1.43. The molecular weight excluding hydrogens is 521 g/mol. The number of aromatic hydroxyl groups is 1. The van der Waals surface area contributed by atoms with Crippen molar-refractivity contribution < 1.29 is 27.9 Å². The zero-order chi connectivity index (χ0) is 27.4. The van der Waals surface area contributed by atoms with E-state index in [0.29, 0.717) is 16.1 Å². The van der Waals surface area contributed by atoms with Crippen LogP contribution in [0.1, 0.15) is 43.2 Å². The highest BCUT2D eigenvalue weighted by Crippen LogP contribution is 2.35. The normalized spacial score (nSPS) is 11.9. The average Bonchev–Trinajstić information content (AvgIpc) is 3.50. The Kier molecular flexibility index (Phi) is 7.57. The fourth-order valence-corrected chi connectivity index (χ4v) is 4.29. The molecule has 0 radical (unpaired) electrons. The van der Waals surface area contributed by atoms with Crippen molar-refractivity contribution in [3.63, 3.8) is 0 Å². The maximum Gasteiger partial charge on any atom is 0.416 e. The maximum atomic E-state index is 12.9. The summed E-state index contributed by atoms with van der Waals surface area (Å²) in [5.41, 5.74) is 2.96. The summed E-state index contributed by atoms with van der Waals surface area (Å²) >= 11 is 0.979. The number of nitrogens with one attached hydrogen (secondary N) is 2. The van der Waals surface area contributed by atoms with E-state index >= 15 is 0 Å². The summed E-state index contributed by atoms with van der Waals surface area (Å²) in [7, 11) is 1.52. The summed E-state index contributed by atoms with van der Waals surface area (Å²) in [5.74, 6) is -1.23. The second-order valence-electron chi connectivity index (χ2n) is 8.05. The first-order valence-electron chi connectivity index (χ1n) is 11.1. The first-order valence-corrected chi connectivity index (χ1v) is 11.9. The maximum absolute atomic E-state index is 12.9. The Morgan fingerprint density at radius 3 is 2.37 bits per heavy atom. The quantitative estimate of drug-likeness (QED) is 0.237. The molecule has 0 unspecified atom stereocenters. The molecule has 3 heterocycles. The number of thiophene rings is 1. The van der Waals surface area contributed by atoms with Crippen LogP contribution in [0.2, 0.25) is 0 Å². The van der Waals surface area contributed by atoms with E-state index in [4.69, 9.17) is 0 Å². The number of alkyl halides is 3. The number of aryl methyl sites for hydroxylation is 1. The number of benzene rings is 1. The number of carbonyl (C=O) groups excluding carboxylic acids is 2. The monoisotopic (exact) mass is 542 g/mol. The van der Waals surface area contributed by atoms with Crippen LogP contribution >= 0.6 is 11.3 Å². The molecule has 0 saturated heterocycles. The van der Waals surface area contributed by atoms with E-state index in [9.17, 15) is 27.9 Å². The lowest BCUT2D eigenvalue weighted by atomic mass is 10.1. The minimum absolute atomic E-state index is 0.0449. The fourth-order valence-electron chi connectivity index (χ4n) is 3.48. The van der Waals surface area contributed by atoms with Gasteiger partial charge in [-0.2, -0.15) is 23.4 Å². The third kappa shape index (κ3) is 5.89. The van der Waals surface area contributed by atoms with Crippen molar-refractivity contribution in [3.05, 3.63) is 87.5 Å². The van der Waals surface area contributed by atoms with Crippen LogP contribution in [0.5, 0.6) is 5.75 Å². The van der Waals surface area contributed by atoms with Crippen LogP contribution in [-0.4, -0.2) is 37.4 Å². The van der Waals surface area contributed by atoms with Crippen molar-refractivity contribution in [2.75, 3.05) is 0 Å². The van der Waals surface area contributed by atoms with E-state index in [-0.39, 0.29) is 40.2 Å². The van der Waals surface area contributed by atoms with Gasteiger partial charge in [0.1, 0.15) is 5.69 Å². The van der Waals surface area contributed by atoms with Gasteiger partial charge in [-0.25, -0.2) is 5.43 Å². The van der Waals surface area contributed by atoms with Gasteiger partial charge in [-0.15, -0.1) is 11.3 Å². The smallest absolute Gasteiger partial charge is 0.416 e. The van der Waals surface area contributed by atoms with E-state index in [1.54, 1.807) is 18.3 Å². The SMILES string of the molecule is C/C(=N\NC(=O)c1ccc(C(=O)NCc2ccccn2)s1)c1nn(C)c(-c2ccc(C(F)(F)F)cc2)c1O. The van der Waals surface area contributed by atoms with E-state index in [1.807, 2.05) is 6.07 Å². The van der Waals surface area contributed by atoms with Crippen molar-refractivity contribution in [1.82, 2.24) is 25.5 Å². The molecule has 1 aromatic carbocycles. The Morgan fingerprint density at radius 2 is 1.74 bits per heavy atom. The molecule has 3 aromatic heterocycles. The number of hydrazone groups is 1. The molecule has 2 amide bonds. The Hall–Kier alpha value is -4.52. The number of pyridine rings is 1. The zero-order valence-electron chi connectivity index (χ0n) is 20.1. The first-order chi connectivity index (χ1) is 18.0. The molecule has 0 atom stereocenters. The highest BCUT2D eigenvalue weighted by Gasteiger charge is 2.30. The van der Waals surface area contributed by atoms with Crippen LogP contribution in [0.25, 0.3) is 11.3 Å². The van der Waals surface area contributed by atoms with E-state index in [1.165, 1.54) is 42.9 Å². The van der Waals surface area contributed by atoms with Gasteiger partial charge in [0.25, 0.3) is 11.8 Å². The number of carbonyl (C=O) groups is 2. The molecule has 3 N–H and O–H groups in total. The Labute approximate surface area is 218 Å². The minimum Gasteiger partial charge on any atom is -0.504 e. The molecule has 0 bridgehead atoms. The van der Waals surface area contributed by atoms with Gasteiger partial charge in [-0.1, -0.05) is 18.2 Å². The van der Waals surface area contributed by atoms with Crippen molar-refractivity contribution >= 4 is 28.9 Å². The number of hydrogen-bond donors (Lipinski definition) is 3. The van der Waals surface area contributed by atoms with Gasteiger partial charge in [0.15, 0.2) is 11.4 Å². The van der Waals surface area contributed by atoms with E-state index in [2.05, 4.69) is 25.9 Å². The summed E-state index contributed by atoms with van der Waals surface area (Å²) in [4.78, 5) is 29.6. The third-order valence-electron chi connectivity index (χ3n) is 5.39. The molecule has 0 aliphatic heterocycles. The summed E-state index contributed by atoms with van der Waals surface area (Å²) in [6.45, 7) is 1.74. The van der Waals surface area contributed by atoms with Gasteiger partial charge in [0, 0.05) is 18.8 Å². The molecule has 4 aromatic rings. The van der Waals surface area contributed by atoms with Gasteiger partial charge in [-0.05, 0) is 43.3 Å². The fraction of sp³-hybridized carbons (Fsp3) is 0.160. The highest BCUT2D eigenvalue weighted by atomic mass is 32.1. The molecule has 0 fully saturated rings. The number of halogens is 3. The van der Waals surface area contributed by atoms with Crippen molar-refractivity contribution in [3.8, 4) is 17.0 Å². The lowest BCUT2D eigenvalue weighted by Gasteiger charge is -2.08. The van der Waals surface area contributed by atoms with Crippen molar-refractivity contribution in [2.24, 2.45) is 12.1 Å². The Morgan fingerprint density at radius 1 is 1.05 bits per heavy atom. The van der Waals surface area contributed by atoms with Gasteiger partial charge in [0.2, 0.25) is 0 Å². The molecule has 4 rings (SSSR count). The Bertz CT molecular complexity index is 1500. The predicted octanol–water partition coefficient (Wildman–Crippen LogP) is 4.35. The van der Waals surface area contributed by atoms with Gasteiger partial charge < -0.3 is 10.4 Å². The predicted molar refractivity (Wildman–Crippen MR) is 135 cm³/mol. The summed E-state index contributed by atoms with van der Waals surface area (Å²) in [5, 5.41) is 21.6. The van der Waals surface area contributed by atoms with E-state index < -0.39 is 17.6 Å². The highest BCUT2D eigenvalue weighted by molar-refractivity contribution is 7.15. The number of aromatic nitrogens is 3. The number of nitrogens with zero attached hydrogens (tertiary/aromatic N) is 4. The average molecular weight is 543 g/mol. The summed E-state index contributed by atoms with van der Waals surface area (Å²) in [6, 6.07) is 12.7. The molecule has 38 heavy (non-hydrogen) atoms. The lowest BCUT2D eigenvalue weighted by Crippen LogP contribution is -2.22. The first kappa shape index (κ1) is 26.5. The van der Waals surface area contributed by atoms with Gasteiger partial charge in [0.05, 0.1) is 33.3 Å². The standard InChI is InChI=1S/C25H21F3N6O3S/c1-14(20-22(35)21(34(2)33-20)15-6-8-16(9-7-15)25(26,27)28)31-32-24(37)19-11-10-18(38-19)23(36)30-13-17-5-3-4-12-29-17/h3-12,35H,13H2,1-2H3,(H,30,36)(H,32,37)/b31-14+. The summed E-state index contributed by atoms with van der Waals surface area (Å²) < 4.78 is 39.9. The van der Waals surface area contributed by atoms with Crippen molar-refractivity contribution in [1.29, 1.82) is 0 Å². The molecule has 9 nitrogen and oxygen atoms in total. The number of amides is 2. The molecule has 0 spiro atoms. The second kappa shape index (κ2) is 10.8. The number of rotatable bonds is 7. The molecule has 0 saturated carbocycles.